The molecule has 0 aromatic carbocycles. The first-order valence-electron chi connectivity index (χ1n) is 9.04. The van der Waals surface area contributed by atoms with Crippen LogP contribution in [0.2, 0.25) is 5.02 Å². The molecule has 142 valence electrons. The second-order valence-electron chi connectivity index (χ2n) is 6.71. The molecular formula is C19H18ClN7O. The number of nitrogens with zero attached hydrogens (tertiary/aromatic N) is 6. The summed E-state index contributed by atoms with van der Waals surface area (Å²) >= 11 is 6.32. The van der Waals surface area contributed by atoms with Gasteiger partial charge in [0, 0.05) is 25.1 Å². The standard InChI is InChI=1S/C19H18ClN7O/c1-11-15(5-3-6-21-11)27-12(2)16-18(25-27)28-8-4-7-26-10-14(20)13-9-22-19(23-16)24-17(13)26/h3,5-6,9-10H,4,7-8H2,1-2H3,(H,22,23,24). The monoisotopic (exact) mass is 395 g/mol. The molecule has 1 aliphatic heterocycles. The van der Waals surface area contributed by atoms with Crippen molar-refractivity contribution in [2.75, 3.05) is 11.9 Å². The Morgan fingerprint density at radius 1 is 1.25 bits per heavy atom. The minimum atomic E-state index is 0.473. The smallest absolute Gasteiger partial charge is 0.257 e. The normalized spacial score (nSPS) is 13.7. The van der Waals surface area contributed by atoms with Crippen LogP contribution in [0.5, 0.6) is 5.88 Å². The minimum Gasteiger partial charge on any atom is -0.475 e. The SMILES string of the molecule is Cc1ncccc1-n1nc2c(c1C)Nc1ncc3c(Cl)cn(c3n1)CCCO2. The third-order valence-electron chi connectivity index (χ3n) is 4.88. The molecule has 0 spiro atoms. The fourth-order valence-electron chi connectivity index (χ4n) is 3.43. The van der Waals surface area contributed by atoms with Crippen LogP contribution in [-0.2, 0) is 6.54 Å². The third-order valence-corrected chi connectivity index (χ3v) is 5.18. The van der Waals surface area contributed by atoms with Crippen LogP contribution >= 0.6 is 11.6 Å². The van der Waals surface area contributed by atoms with Gasteiger partial charge < -0.3 is 14.6 Å². The highest BCUT2D eigenvalue weighted by Crippen LogP contribution is 2.33. The third kappa shape index (κ3) is 2.68. The van der Waals surface area contributed by atoms with Gasteiger partial charge in [0.15, 0.2) is 0 Å². The van der Waals surface area contributed by atoms with E-state index >= 15 is 0 Å². The van der Waals surface area contributed by atoms with Gasteiger partial charge in [0.05, 0.1) is 34.1 Å². The Bertz CT molecular complexity index is 1200. The summed E-state index contributed by atoms with van der Waals surface area (Å²) in [6.45, 7) is 5.21. The van der Waals surface area contributed by atoms with Gasteiger partial charge in [-0.05, 0) is 32.4 Å². The van der Waals surface area contributed by atoms with Gasteiger partial charge >= 0.3 is 0 Å². The number of ether oxygens (including phenoxy) is 1. The molecule has 4 aromatic rings. The summed E-state index contributed by atoms with van der Waals surface area (Å²) in [6.07, 6.45) is 6.20. The Labute approximate surface area is 166 Å². The van der Waals surface area contributed by atoms with Gasteiger partial charge in [-0.25, -0.2) is 9.67 Å². The van der Waals surface area contributed by atoms with E-state index in [0.29, 0.717) is 23.5 Å². The summed E-state index contributed by atoms with van der Waals surface area (Å²) in [5, 5.41) is 9.45. The molecule has 0 amide bonds. The second kappa shape index (κ2) is 6.49. The summed E-state index contributed by atoms with van der Waals surface area (Å²) in [7, 11) is 0. The summed E-state index contributed by atoms with van der Waals surface area (Å²) < 4.78 is 9.87. The fourth-order valence-corrected chi connectivity index (χ4v) is 3.68. The molecule has 0 fully saturated rings. The topological polar surface area (TPSA) is 82.7 Å². The van der Waals surface area contributed by atoms with Crippen LogP contribution in [0.3, 0.4) is 0 Å². The van der Waals surface area contributed by atoms with Crippen molar-refractivity contribution in [2.24, 2.45) is 0 Å². The van der Waals surface area contributed by atoms with Crippen LogP contribution in [0.4, 0.5) is 11.6 Å². The summed E-state index contributed by atoms with van der Waals surface area (Å²) in [6, 6.07) is 3.88. The quantitative estimate of drug-likeness (QED) is 0.527. The van der Waals surface area contributed by atoms with Gasteiger partial charge in [-0.3, -0.25) is 4.98 Å². The number of hydrogen-bond donors (Lipinski definition) is 1. The lowest BCUT2D eigenvalue weighted by Gasteiger charge is -2.08. The molecule has 4 aromatic heterocycles. The lowest BCUT2D eigenvalue weighted by Crippen LogP contribution is -2.06. The van der Waals surface area contributed by atoms with E-state index in [1.165, 1.54) is 0 Å². The zero-order chi connectivity index (χ0) is 19.3. The van der Waals surface area contributed by atoms with Crippen molar-refractivity contribution in [3.63, 3.8) is 0 Å². The van der Waals surface area contributed by atoms with E-state index in [1.807, 2.05) is 41.4 Å². The number of aryl methyl sites for hydroxylation is 2. The van der Waals surface area contributed by atoms with E-state index in [-0.39, 0.29) is 0 Å². The number of halogens is 1. The van der Waals surface area contributed by atoms with Crippen molar-refractivity contribution in [3.05, 3.63) is 47.1 Å². The Balaban J connectivity index is 1.65. The maximum absolute atomic E-state index is 6.32. The number of aromatic nitrogens is 6. The van der Waals surface area contributed by atoms with Crippen molar-refractivity contribution in [1.82, 2.24) is 29.3 Å². The van der Waals surface area contributed by atoms with Crippen LogP contribution in [0, 0.1) is 13.8 Å². The predicted octanol–water partition coefficient (Wildman–Crippen LogP) is 3.81. The molecule has 0 saturated heterocycles. The largest absolute Gasteiger partial charge is 0.475 e. The Hall–Kier alpha value is -3.13. The summed E-state index contributed by atoms with van der Waals surface area (Å²) in [4.78, 5) is 13.5. The number of rotatable bonds is 1. The van der Waals surface area contributed by atoms with Gasteiger partial charge in [0.2, 0.25) is 5.95 Å². The zero-order valence-corrected chi connectivity index (χ0v) is 16.2. The highest BCUT2D eigenvalue weighted by Gasteiger charge is 2.21. The molecule has 0 radical (unpaired) electrons. The van der Waals surface area contributed by atoms with E-state index in [1.54, 1.807) is 12.4 Å². The molecule has 5 rings (SSSR count). The summed E-state index contributed by atoms with van der Waals surface area (Å²) in [5.74, 6) is 0.995. The van der Waals surface area contributed by atoms with E-state index < -0.39 is 0 Å². The maximum Gasteiger partial charge on any atom is 0.257 e. The highest BCUT2D eigenvalue weighted by atomic mass is 35.5. The molecule has 28 heavy (non-hydrogen) atoms. The van der Waals surface area contributed by atoms with Crippen LogP contribution in [0.15, 0.2) is 30.7 Å². The Morgan fingerprint density at radius 3 is 3.00 bits per heavy atom. The van der Waals surface area contributed by atoms with E-state index in [0.717, 1.165) is 46.8 Å². The molecular weight excluding hydrogens is 378 g/mol. The van der Waals surface area contributed by atoms with E-state index in [2.05, 4.69) is 25.4 Å². The minimum absolute atomic E-state index is 0.473. The van der Waals surface area contributed by atoms with E-state index in [9.17, 15) is 0 Å². The molecule has 5 heterocycles. The second-order valence-corrected chi connectivity index (χ2v) is 7.12. The molecule has 1 aliphatic rings. The molecule has 9 heteroatoms. The number of nitrogens with one attached hydrogen (secondary N) is 1. The lowest BCUT2D eigenvalue weighted by molar-refractivity contribution is 0.291. The van der Waals surface area contributed by atoms with Crippen molar-refractivity contribution >= 4 is 34.3 Å². The van der Waals surface area contributed by atoms with Crippen LogP contribution in [-0.4, -0.2) is 35.9 Å². The first-order chi connectivity index (χ1) is 13.6. The lowest BCUT2D eigenvalue weighted by atomic mass is 10.3. The predicted molar refractivity (Wildman–Crippen MR) is 107 cm³/mol. The first-order valence-corrected chi connectivity index (χ1v) is 9.42. The van der Waals surface area contributed by atoms with Gasteiger partial charge in [-0.15, -0.1) is 5.10 Å². The Kier molecular flexibility index (Phi) is 3.94. The van der Waals surface area contributed by atoms with Crippen LogP contribution in [0.25, 0.3) is 16.7 Å². The number of fused-ring (bicyclic) bond motifs is 2. The molecule has 1 N–H and O–H groups in total. The zero-order valence-electron chi connectivity index (χ0n) is 15.5. The van der Waals surface area contributed by atoms with Crippen molar-refractivity contribution in [2.45, 2.75) is 26.8 Å². The molecule has 0 aliphatic carbocycles. The van der Waals surface area contributed by atoms with Crippen LogP contribution in [0.1, 0.15) is 17.8 Å². The summed E-state index contributed by atoms with van der Waals surface area (Å²) in [5.41, 5.74) is 4.23. The average Bonchev–Trinajstić information content (AvgIpc) is 3.16. The Morgan fingerprint density at radius 2 is 2.14 bits per heavy atom. The number of anilines is 2. The fraction of sp³-hybridized carbons (Fsp3) is 0.263. The molecule has 0 saturated carbocycles. The highest BCUT2D eigenvalue weighted by molar-refractivity contribution is 6.35. The average molecular weight is 396 g/mol. The van der Waals surface area contributed by atoms with Gasteiger partial charge in [-0.2, -0.15) is 4.98 Å². The van der Waals surface area contributed by atoms with Gasteiger partial charge in [-0.1, -0.05) is 11.6 Å². The molecule has 0 unspecified atom stereocenters. The van der Waals surface area contributed by atoms with Crippen molar-refractivity contribution in [3.8, 4) is 11.6 Å². The molecule has 0 atom stereocenters. The molecule has 8 nitrogen and oxygen atoms in total. The van der Waals surface area contributed by atoms with Gasteiger partial charge in [0.1, 0.15) is 11.3 Å². The van der Waals surface area contributed by atoms with Gasteiger partial charge in [0.25, 0.3) is 5.88 Å². The van der Waals surface area contributed by atoms with Crippen molar-refractivity contribution in [1.29, 1.82) is 0 Å². The number of hydrogen-bond acceptors (Lipinski definition) is 6. The first kappa shape index (κ1) is 17.0. The van der Waals surface area contributed by atoms with E-state index in [4.69, 9.17) is 16.3 Å². The molecule has 2 bridgehead atoms. The number of pyridine rings is 1. The van der Waals surface area contributed by atoms with Crippen LogP contribution < -0.4 is 10.1 Å². The maximum atomic E-state index is 6.32. The van der Waals surface area contributed by atoms with Crippen molar-refractivity contribution < 1.29 is 4.74 Å².